The zero-order valence-electron chi connectivity index (χ0n) is 16.4. The zero-order chi connectivity index (χ0) is 19.0. The summed E-state index contributed by atoms with van der Waals surface area (Å²) >= 11 is 0. The highest BCUT2D eigenvalue weighted by Gasteiger charge is 2.19. The first kappa shape index (κ1) is 17.6. The lowest BCUT2D eigenvalue weighted by molar-refractivity contribution is 0.311. The number of fused-ring (bicyclic) bond motifs is 2. The maximum atomic E-state index is 5.49. The van der Waals surface area contributed by atoms with E-state index in [1.165, 1.54) is 0 Å². The van der Waals surface area contributed by atoms with Crippen LogP contribution in [0.3, 0.4) is 0 Å². The third-order valence-corrected chi connectivity index (χ3v) is 4.93. The second-order valence-corrected chi connectivity index (χ2v) is 7.15. The lowest BCUT2D eigenvalue weighted by Gasteiger charge is -2.13. The molecule has 0 spiro atoms. The number of aryl methyl sites for hydroxylation is 2. The number of pyridine rings is 1. The standard InChI is InChI=1S/C21H25N5O/c1-5-27-21-23-12-17-16(8-6-7-9-18(17)25-21)15-10-19-20(22-11-15)24-14(4)26(19)13(2)3/h8,10-13H,5-7,9H2,1-4H3. The molecule has 0 aliphatic heterocycles. The normalized spacial score (nSPS) is 14.2. The Hall–Kier alpha value is -2.76. The first-order valence-electron chi connectivity index (χ1n) is 9.62. The molecule has 4 rings (SSSR count). The maximum absolute atomic E-state index is 5.49. The molecule has 27 heavy (non-hydrogen) atoms. The quantitative estimate of drug-likeness (QED) is 0.692. The minimum absolute atomic E-state index is 0.333. The summed E-state index contributed by atoms with van der Waals surface area (Å²) in [4.78, 5) is 18.3. The third kappa shape index (κ3) is 3.20. The molecule has 6 nitrogen and oxygen atoms in total. The van der Waals surface area contributed by atoms with Crippen LogP contribution in [0.25, 0.3) is 16.7 Å². The molecule has 0 saturated carbocycles. The summed E-state index contributed by atoms with van der Waals surface area (Å²) in [5, 5.41) is 0. The number of allylic oxidation sites excluding steroid dienone is 1. The van der Waals surface area contributed by atoms with Gasteiger partial charge in [0.05, 0.1) is 17.8 Å². The Balaban J connectivity index is 1.84. The molecule has 0 unspecified atom stereocenters. The van der Waals surface area contributed by atoms with Gasteiger partial charge >= 0.3 is 6.01 Å². The van der Waals surface area contributed by atoms with E-state index in [2.05, 4.69) is 50.5 Å². The molecular weight excluding hydrogens is 338 g/mol. The molecule has 1 aliphatic rings. The van der Waals surface area contributed by atoms with Crippen molar-refractivity contribution in [2.75, 3.05) is 6.61 Å². The molecule has 0 saturated heterocycles. The first-order valence-corrected chi connectivity index (χ1v) is 9.62. The minimum Gasteiger partial charge on any atom is -0.464 e. The molecule has 0 fully saturated rings. The molecule has 6 heteroatoms. The molecule has 0 radical (unpaired) electrons. The van der Waals surface area contributed by atoms with Crippen LogP contribution in [0.5, 0.6) is 6.01 Å². The third-order valence-electron chi connectivity index (χ3n) is 4.93. The van der Waals surface area contributed by atoms with E-state index in [-0.39, 0.29) is 0 Å². The van der Waals surface area contributed by atoms with Crippen molar-refractivity contribution in [1.29, 1.82) is 0 Å². The SMILES string of the molecule is CCOc1ncc2c(n1)CCCC=C2c1cnc2nc(C)n(C(C)C)c2c1. The Morgan fingerprint density at radius 3 is 2.81 bits per heavy atom. The van der Waals surface area contributed by atoms with Crippen LogP contribution in [0.2, 0.25) is 0 Å². The summed E-state index contributed by atoms with van der Waals surface area (Å²) in [5.74, 6) is 0.990. The number of rotatable bonds is 4. The van der Waals surface area contributed by atoms with E-state index in [0.29, 0.717) is 18.7 Å². The van der Waals surface area contributed by atoms with Crippen LogP contribution >= 0.6 is 0 Å². The van der Waals surface area contributed by atoms with Gasteiger partial charge in [-0.15, -0.1) is 0 Å². The molecular formula is C21H25N5O. The molecule has 0 atom stereocenters. The van der Waals surface area contributed by atoms with Crippen molar-refractivity contribution in [3.05, 3.63) is 47.2 Å². The first-order chi connectivity index (χ1) is 13.1. The van der Waals surface area contributed by atoms with Crippen LogP contribution in [-0.2, 0) is 6.42 Å². The largest absolute Gasteiger partial charge is 0.464 e. The summed E-state index contributed by atoms with van der Waals surface area (Å²) in [6.07, 6.45) is 9.09. The second-order valence-electron chi connectivity index (χ2n) is 7.15. The fraction of sp³-hybridized carbons (Fsp3) is 0.429. The van der Waals surface area contributed by atoms with Crippen molar-refractivity contribution in [3.63, 3.8) is 0 Å². The summed E-state index contributed by atoms with van der Waals surface area (Å²) < 4.78 is 7.73. The van der Waals surface area contributed by atoms with E-state index in [4.69, 9.17) is 4.74 Å². The topological polar surface area (TPSA) is 65.7 Å². The summed E-state index contributed by atoms with van der Waals surface area (Å²) in [7, 11) is 0. The Morgan fingerprint density at radius 1 is 1.19 bits per heavy atom. The van der Waals surface area contributed by atoms with E-state index in [1.54, 1.807) is 0 Å². The Morgan fingerprint density at radius 2 is 2.04 bits per heavy atom. The van der Waals surface area contributed by atoms with Crippen LogP contribution < -0.4 is 4.74 Å². The highest BCUT2D eigenvalue weighted by Crippen LogP contribution is 2.32. The van der Waals surface area contributed by atoms with Gasteiger partial charge in [0.2, 0.25) is 0 Å². The molecule has 3 aromatic heterocycles. The molecule has 1 aliphatic carbocycles. The summed E-state index contributed by atoms with van der Waals surface area (Å²) in [6.45, 7) is 8.89. The van der Waals surface area contributed by atoms with Crippen LogP contribution in [0.4, 0.5) is 0 Å². The van der Waals surface area contributed by atoms with Crippen molar-refractivity contribution >= 4 is 16.7 Å². The highest BCUT2D eigenvalue weighted by atomic mass is 16.5. The molecule has 0 N–H and O–H groups in total. The van der Waals surface area contributed by atoms with Gasteiger partial charge in [-0.3, -0.25) is 0 Å². The fourth-order valence-corrected chi connectivity index (χ4v) is 3.80. The number of aromatic nitrogens is 5. The van der Waals surface area contributed by atoms with Crippen LogP contribution in [0, 0.1) is 6.92 Å². The Bertz CT molecular complexity index is 1020. The van der Waals surface area contributed by atoms with Gasteiger partial charge in [0.25, 0.3) is 0 Å². The average Bonchev–Trinajstić information content (AvgIpc) is 2.83. The van der Waals surface area contributed by atoms with Gasteiger partial charge in [0.1, 0.15) is 5.82 Å². The van der Waals surface area contributed by atoms with Crippen molar-refractivity contribution in [2.45, 2.75) is 53.0 Å². The van der Waals surface area contributed by atoms with Crippen molar-refractivity contribution < 1.29 is 4.74 Å². The maximum Gasteiger partial charge on any atom is 0.316 e. The fourth-order valence-electron chi connectivity index (χ4n) is 3.80. The van der Waals surface area contributed by atoms with Gasteiger partial charge in [-0.1, -0.05) is 6.08 Å². The molecule has 0 bridgehead atoms. The van der Waals surface area contributed by atoms with Crippen molar-refractivity contribution in [2.24, 2.45) is 0 Å². The van der Waals surface area contributed by atoms with Gasteiger partial charge < -0.3 is 9.30 Å². The van der Waals surface area contributed by atoms with Crippen LogP contribution in [0.15, 0.2) is 24.5 Å². The van der Waals surface area contributed by atoms with Crippen LogP contribution in [0.1, 0.15) is 62.3 Å². The molecule has 3 heterocycles. The highest BCUT2D eigenvalue weighted by molar-refractivity contribution is 5.85. The van der Waals surface area contributed by atoms with Gasteiger partial charge in [-0.2, -0.15) is 4.98 Å². The lowest BCUT2D eigenvalue weighted by Crippen LogP contribution is -2.05. The molecule has 3 aromatic rings. The average molecular weight is 363 g/mol. The number of ether oxygens (including phenoxy) is 1. The van der Waals surface area contributed by atoms with Gasteiger partial charge in [-0.05, 0) is 58.6 Å². The number of hydrogen-bond donors (Lipinski definition) is 0. The number of imidazole rings is 1. The predicted octanol–water partition coefficient (Wildman–Crippen LogP) is 4.28. The van der Waals surface area contributed by atoms with E-state index in [1.807, 2.05) is 26.2 Å². The van der Waals surface area contributed by atoms with Crippen LogP contribution in [-0.4, -0.2) is 31.1 Å². The molecule has 0 aromatic carbocycles. The predicted molar refractivity (Wildman–Crippen MR) is 106 cm³/mol. The van der Waals surface area contributed by atoms with Gasteiger partial charge in [0, 0.05) is 29.6 Å². The van der Waals surface area contributed by atoms with Gasteiger partial charge in [0.15, 0.2) is 5.65 Å². The number of nitrogens with zero attached hydrogens (tertiary/aromatic N) is 5. The molecule has 140 valence electrons. The van der Waals surface area contributed by atoms with Gasteiger partial charge in [-0.25, -0.2) is 15.0 Å². The minimum atomic E-state index is 0.333. The van der Waals surface area contributed by atoms with Crippen molar-refractivity contribution in [1.82, 2.24) is 24.5 Å². The summed E-state index contributed by atoms with van der Waals surface area (Å²) in [5.41, 5.74) is 6.21. The van der Waals surface area contributed by atoms with E-state index in [9.17, 15) is 0 Å². The van der Waals surface area contributed by atoms with E-state index in [0.717, 1.165) is 58.6 Å². The second kappa shape index (κ2) is 7.10. The number of hydrogen-bond acceptors (Lipinski definition) is 5. The molecule has 0 amide bonds. The lowest BCUT2D eigenvalue weighted by atomic mass is 9.99. The monoisotopic (exact) mass is 363 g/mol. The smallest absolute Gasteiger partial charge is 0.316 e. The summed E-state index contributed by atoms with van der Waals surface area (Å²) in [6, 6.07) is 2.99. The van der Waals surface area contributed by atoms with Crippen molar-refractivity contribution in [3.8, 4) is 6.01 Å². The van der Waals surface area contributed by atoms with E-state index < -0.39 is 0 Å². The Kier molecular flexibility index (Phi) is 4.64. The Labute approximate surface area is 159 Å². The zero-order valence-corrected chi connectivity index (χ0v) is 16.4. The van der Waals surface area contributed by atoms with E-state index >= 15 is 0 Å².